The van der Waals surface area contributed by atoms with Crippen molar-refractivity contribution in [2.75, 3.05) is 14.2 Å². The highest BCUT2D eigenvalue weighted by atomic mass is 79.9. The average Bonchev–Trinajstić information content (AvgIpc) is 2.10. The summed E-state index contributed by atoms with van der Waals surface area (Å²) < 4.78 is 4.58. The molecule has 78 valence electrons. The third-order valence-corrected chi connectivity index (χ3v) is 1.80. The Morgan fingerprint density at radius 3 is 2.36 bits per heavy atom. The summed E-state index contributed by atoms with van der Waals surface area (Å²) in [7, 11) is 3.25. The van der Waals surface area contributed by atoms with Crippen molar-refractivity contribution in [3.8, 4) is 5.75 Å². The van der Waals surface area contributed by atoms with E-state index in [0.717, 1.165) is 0 Å². The van der Waals surface area contributed by atoms with Crippen LogP contribution in [-0.2, 0) is 4.74 Å². The number of phenolic OH excluding ortho intramolecular Hbond substituents is 1. The van der Waals surface area contributed by atoms with E-state index in [-0.39, 0.29) is 11.4 Å². The monoisotopic (exact) mass is 263 g/mol. The van der Waals surface area contributed by atoms with Gasteiger partial charge in [-0.2, -0.15) is 0 Å². The number of ether oxygens (including phenoxy) is 1. The molecule has 0 aromatic heterocycles. The first-order valence-electron chi connectivity index (χ1n) is 3.56. The number of hydrogen-bond donors (Lipinski definition) is 1. The molecule has 1 aromatic rings. The summed E-state index contributed by atoms with van der Waals surface area (Å²) in [5.74, 6) is -0.336. The normalized spacial score (nSPS) is 8.79. The third kappa shape index (κ3) is 3.71. The number of hydrogen-bond acceptors (Lipinski definition) is 4. The van der Waals surface area contributed by atoms with Crippen molar-refractivity contribution in [3.05, 3.63) is 32.8 Å². The van der Waals surface area contributed by atoms with Crippen LogP contribution in [-0.4, -0.2) is 24.2 Å². The number of nitro groups is 1. The molecule has 0 atom stereocenters. The van der Waals surface area contributed by atoms with Crippen LogP contribution in [0.5, 0.6) is 5.75 Å². The minimum absolute atomic E-state index is 0.292. The SMILES string of the molecule is COC.O=[N+]([O-])c1cccc(Br)c1O. The van der Waals surface area contributed by atoms with Crippen molar-refractivity contribution in [1.29, 1.82) is 0 Å². The van der Waals surface area contributed by atoms with Gasteiger partial charge in [-0.25, -0.2) is 0 Å². The second kappa shape index (κ2) is 6.33. The first-order valence-corrected chi connectivity index (χ1v) is 4.35. The Morgan fingerprint density at radius 1 is 1.50 bits per heavy atom. The fourth-order valence-corrected chi connectivity index (χ4v) is 1.01. The smallest absolute Gasteiger partial charge is 0.311 e. The Kier molecular flexibility index (Phi) is 5.82. The van der Waals surface area contributed by atoms with Gasteiger partial charge in [0.1, 0.15) is 0 Å². The fourth-order valence-electron chi connectivity index (χ4n) is 0.651. The highest BCUT2D eigenvalue weighted by Gasteiger charge is 2.13. The lowest BCUT2D eigenvalue weighted by Crippen LogP contribution is -1.87. The van der Waals surface area contributed by atoms with Crippen molar-refractivity contribution >= 4 is 21.6 Å². The zero-order valence-corrected chi connectivity index (χ0v) is 9.32. The molecule has 0 heterocycles. The molecular formula is C8H10BrNO4. The molecule has 0 aliphatic heterocycles. The first kappa shape index (κ1) is 12.9. The maximum atomic E-state index is 10.2. The summed E-state index contributed by atoms with van der Waals surface area (Å²) in [6, 6.07) is 4.25. The predicted octanol–water partition coefficient (Wildman–Crippen LogP) is 2.33. The number of nitro benzene ring substituents is 1. The first-order chi connectivity index (χ1) is 6.54. The van der Waals surface area contributed by atoms with Crippen LogP contribution in [0.15, 0.2) is 22.7 Å². The molecule has 1 aromatic carbocycles. The Labute approximate surface area is 89.6 Å². The number of halogens is 1. The van der Waals surface area contributed by atoms with Crippen LogP contribution in [0.2, 0.25) is 0 Å². The van der Waals surface area contributed by atoms with E-state index < -0.39 is 4.92 Å². The van der Waals surface area contributed by atoms with E-state index in [9.17, 15) is 10.1 Å². The average molecular weight is 264 g/mol. The lowest BCUT2D eigenvalue weighted by molar-refractivity contribution is -0.385. The molecule has 1 rings (SSSR count). The summed E-state index contributed by atoms with van der Waals surface area (Å²) in [6.07, 6.45) is 0. The molecule has 0 aliphatic carbocycles. The minimum atomic E-state index is -0.639. The van der Waals surface area contributed by atoms with Gasteiger partial charge in [0.15, 0.2) is 0 Å². The van der Waals surface area contributed by atoms with Crippen LogP contribution in [0.1, 0.15) is 0 Å². The van der Waals surface area contributed by atoms with Gasteiger partial charge in [-0.05, 0) is 22.0 Å². The second-order valence-electron chi connectivity index (χ2n) is 2.27. The molecule has 0 spiro atoms. The van der Waals surface area contributed by atoms with Gasteiger partial charge in [0.25, 0.3) is 0 Å². The van der Waals surface area contributed by atoms with Crippen molar-refractivity contribution in [1.82, 2.24) is 0 Å². The van der Waals surface area contributed by atoms with Crippen LogP contribution in [0.4, 0.5) is 5.69 Å². The largest absolute Gasteiger partial charge is 0.501 e. The molecular weight excluding hydrogens is 254 g/mol. The number of phenols is 1. The standard InChI is InChI=1S/C6H4BrNO3.C2H6O/c7-4-2-1-3-5(6(4)9)8(10)11;1-3-2/h1-3,9H;1-2H3. The van der Waals surface area contributed by atoms with Crippen molar-refractivity contribution < 1.29 is 14.8 Å². The van der Waals surface area contributed by atoms with E-state index in [0.29, 0.717) is 4.47 Å². The van der Waals surface area contributed by atoms with Crippen molar-refractivity contribution in [2.45, 2.75) is 0 Å². The van der Waals surface area contributed by atoms with Crippen LogP contribution in [0, 0.1) is 10.1 Å². The van der Waals surface area contributed by atoms with Crippen LogP contribution >= 0.6 is 15.9 Å². The molecule has 0 aliphatic rings. The van der Waals surface area contributed by atoms with Gasteiger partial charge in [-0.15, -0.1) is 0 Å². The van der Waals surface area contributed by atoms with Gasteiger partial charge in [-0.1, -0.05) is 6.07 Å². The fraction of sp³-hybridized carbons (Fsp3) is 0.250. The van der Waals surface area contributed by atoms with E-state index in [1.165, 1.54) is 18.2 Å². The van der Waals surface area contributed by atoms with E-state index >= 15 is 0 Å². The lowest BCUT2D eigenvalue weighted by Gasteiger charge is -1.95. The Hall–Kier alpha value is -1.14. The van der Waals surface area contributed by atoms with Gasteiger partial charge >= 0.3 is 5.69 Å². The molecule has 0 saturated carbocycles. The Bertz CT molecular complexity index is 316. The van der Waals surface area contributed by atoms with Crippen LogP contribution in [0.3, 0.4) is 0 Å². The molecule has 0 amide bonds. The number of methoxy groups -OCH3 is 1. The van der Waals surface area contributed by atoms with E-state index in [4.69, 9.17) is 5.11 Å². The van der Waals surface area contributed by atoms with Crippen LogP contribution in [0.25, 0.3) is 0 Å². The minimum Gasteiger partial charge on any atom is -0.501 e. The number of rotatable bonds is 1. The molecule has 0 saturated heterocycles. The van der Waals surface area contributed by atoms with Gasteiger partial charge in [-0.3, -0.25) is 10.1 Å². The molecule has 0 fully saturated rings. The summed E-state index contributed by atoms with van der Waals surface area (Å²) in [5, 5.41) is 19.3. The maximum absolute atomic E-state index is 10.2. The maximum Gasteiger partial charge on any atom is 0.311 e. The molecule has 14 heavy (non-hydrogen) atoms. The summed E-state index contributed by atoms with van der Waals surface area (Å²) in [5.41, 5.74) is -0.292. The van der Waals surface area contributed by atoms with E-state index in [1.807, 2.05) is 0 Å². The molecule has 1 N–H and O–H groups in total. The molecule has 0 radical (unpaired) electrons. The van der Waals surface area contributed by atoms with Crippen molar-refractivity contribution in [2.24, 2.45) is 0 Å². The topological polar surface area (TPSA) is 72.6 Å². The lowest BCUT2D eigenvalue weighted by atomic mass is 10.3. The van der Waals surface area contributed by atoms with Gasteiger partial charge in [0, 0.05) is 20.3 Å². The zero-order chi connectivity index (χ0) is 11.1. The Morgan fingerprint density at radius 2 is 2.00 bits per heavy atom. The Balaban J connectivity index is 0.000000500. The third-order valence-electron chi connectivity index (χ3n) is 1.16. The van der Waals surface area contributed by atoms with E-state index in [1.54, 1.807) is 14.2 Å². The molecule has 5 nitrogen and oxygen atoms in total. The highest BCUT2D eigenvalue weighted by Crippen LogP contribution is 2.32. The zero-order valence-electron chi connectivity index (χ0n) is 7.73. The van der Waals surface area contributed by atoms with Gasteiger partial charge < -0.3 is 9.84 Å². The summed E-state index contributed by atoms with van der Waals surface area (Å²) in [6.45, 7) is 0. The number of nitrogens with zero attached hydrogens (tertiary/aromatic N) is 1. The molecule has 6 heteroatoms. The van der Waals surface area contributed by atoms with Gasteiger partial charge in [0.2, 0.25) is 5.75 Å². The van der Waals surface area contributed by atoms with E-state index in [2.05, 4.69) is 20.7 Å². The van der Waals surface area contributed by atoms with Crippen LogP contribution < -0.4 is 0 Å². The van der Waals surface area contributed by atoms with Crippen molar-refractivity contribution in [3.63, 3.8) is 0 Å². The number of benzene rings is 1. The summed E-state index contributed by atoms with van der Waals surface area (Å²) in [4.78, 5) is 9.56. The molecule has 0 bridgehead atoms. The number of aromatic hydroxyl groups is 1. The van der Waals surface area contributed by atoms with Gasteiger partial charge in [0.05, 0.1) is 9.40 Å². The molecule has 0 unspecified atom stereocenters. The number of para-hydroxylation sites is 1. The highest BCUT2D eigenvalue weighted by molar-refractivity contribution is 9.10. The quantitative estimate of drug-likeness (QED) is 0.624. The second-order valence-corrected chi connectivity index (χ2v) is 3.13. The predicted molar refractivity (Wildman–Crippen MR) is 55.4 cm³/mol. The summed E-state index contributed by atoms with van der Waals surface area (Å²) >= 11 is 2.96.